The Kier molecular flexibility index (Phi) is 5.00. The fourth-order valence-electron chi connectivity index (χ4n) is 2.34. The number of imidazole rings is 1. The maximum atomic E-state index is 11.7. The van der Waals surface area contributed by atoms with Gasteiger partial charge in [0.2, 0.25) is 0 Å². The lowest BCUT2D eigenvalue weighted by Gasteiger charge is -2.11. The summed E-state index contributed by atoms with van der Waals surface area (Å²) in [5.41, 5.74) is -0.304. The average Bonchev–Trinajstić information content (AvgIpc) is 2.83. The predicted molar refractivity (Wildman–Crippen MR) is 79.6 cm³/mol. The number of fused-ring (bicyclic) bond motifs is 1. The van der Waals surface area contributed by atoms with Crippen LogP contribution in [0.1, 0.15) is 50.8 Å². The molecule has 110 valence electrons. The summed E-state index contributed by atoms with van der Waals surface area (Å²) >= 11 is 5.66. The molecular weight excluding hydrogens is 280 g/mol. The van der Waals surface area contributed by atoms with E-state index in [4.69, 9.17) is 11.6 Å². The standard InChI is InChI=1S/C13H19ClN4O2/c1-2-8(6-4-3-5-7-14)10-15-9-11(16-10)17-13(20)18-12(9)19/h8H,2-7H2,1H3,(H3,15,16,17,18,19,20). The highest BCUT2D eigenvalue weighted by molar-refractivity contribution is 6.17. The number of nitrogens with one attached hydrogen (secondary N) is 3. The van der Waals surface area contributed by atoms with E-state index in [2.05, 4.69) is 26.9 Å². The van der Waals surface area contributed by atoms with Crippen LogP contribution in [-0.4, -0.2) is 25.8 Å². The molecule has 1 unspecified atom stereocenters. The van der Waals surface area contributed by atoms with E-state index < -0.39 is 11.2 Å². The van der Waals surface area contributed by atoms with Crippen molar-refractivity contribution in [1.82, 2.24) is 19.9 Å². The van der Waals surface area contributed by atoms with Crippen molar-refractivity contribution in [2.45, 2.75) is 44.9 Å². The van der Waals surface area contributed by atoms with Gasteiger partial charge < -0.3 is 4.98 Å². The Labute approximate surface area is 121 Å². The molecule has 3 N–H and O–H groups in total. The van der Waals surface area contributed by atoms with E-state index in [1.807, 2.05) is 0 Å². The molecule has 2 aromatic heterocycles. The summed E-state index contributed by atoms with van der Waals surface area (Å²) in [6, 6.07) is 0. The summed E-state index contributed by atoms with van der Waals surface area (Å²) in [6.07, 6.45) is 5.12. The minimum atomic E-state index is -0.532. The normalized spacial score (nSPS) is 12.9. The number of hydrogen-bond acceptors (Lipinski definition) is 3. The Morgan fingerprint density at radius 2 is 1.95 bits per heavy atom. The minimum Gasteiger partial charge on any atom is -0.336 e. The Balaban J connectivity index is 2.20. The molecule has 2 aromatic rings. The zero-order chi connectivity index (χ0) is 14.5. The molecular formula is C13H19ClN4O2. The molecule has 2 heterocycles. The second-order valence-corrected chi connectivity index (χ2v) is 5.28. The van der Waals surface area contributed by atoms with Crippen molar-refractivity contribution in [1.29, 1.82) is 0 Å². The molecule has 0 bridgehead atoms. The van der Waals surface area contributed by atoms with Crippen LogP contribution in [0.25, 0.3) is 11.2 Å². The fourth-order valence-corrected chi connectivity index (χ4v) is 2.53. The van der Waals surface area contributed by atoms with Gasteiger partial charge in [-0.1, -0.05) is 19.8 Å². The quantitative estimate of drug-likeness (QED) is 0.540. The van der Waals surface area contributed by atoms with Gasteiger partial charge in [-0.3, -0.25) is 14.8 Å². The molecule has 0 spiro atoms. The lowest BCUT2D eigenvalue weighted by atomic mass is 9.98. The highest BCUT2D eigenvalue weighted by Gasteiger charge is 2.15. The maximum absolute atomic E-state index is 11.7. The van der Waals surface area contributed by atoms with Gasteiger partial charge in [0.1, 0.15) is 11.3 Å². The number of aromatic nitrogens is 4. The van der Waals surface area contributed by atoms with Crippen molar-refractivity contribution in [2.75, 3.05) is 5.88 Å². The van der Waals surface area contributed by atoms with Gasteiger partial charge in [0, 0.05) is 11.8 Å². The van der Waals surface area contributed by atoms with Crippen LogP contribution in [0, 0.1) is 0 Å². The molecule has 1 atom stereocenters. The largest absolute Gasteiger partial charge is 0.336 e. The second-order valence-electron chi connectivity index (χ2n) is 4.90. The van der Waals surface area contributed by atoms with Gasteiger partial charge in [0.25, 0.3) is 5.56 Å². The van der Waals surface area contributed by atoms with Crippen molar-refractivity contribution >= 4 is 22.8 Å². The van der Waals surface area contributed by atoms with Crippen LogP contribution in [0.3, 0.4) is 0 Å². The van der Waals surface area contributed by atoms with Gasteiger partial charge in [-0.05, 0) is 19.3 Å². The summed E-state index contributed by atoms with van der Waals surface area (Å²) < 4.78 is 0. The highest BCUT2D eigenvalue weighted by Crippen LogP contribution is 2.24. The summed E-state index contributed by atoms with van der Waals surface area (Å²) in [5, 5.41) is 0. The SMILES string of the molecule is CCC(CCCCCCl)c1nc2[nH]c(=O)[nH]c(=O)c2[nH]1. The molecule has 0 amide bonds. The van der Waals surface area contributed by atoms with E-state index in [9.17, 15) is 9.59 Å². The van der Waals surface area contributed by atoms with Crippen LogP contribution in [0.4, 0.5) is 0 Å². The topological polar surface area (TPSA) is 94.4 Å². The van der Waals surface area contributed by atoms with Gasteiger partial charge >= 0.3 is 5.69 Å². The van der Waals surface area contributed by atoms with Gasteiger partial charge in [-0.2, -0.15) is 0 Å². The van der Waals surface area contributed by atoms with E-state index in [-0.39, 0.29) is 5.92 Å². The summed E-state index contributed by atoms with van der Waals surface area (Å²) in [5.74, 6) is 1.72. The van der Waals surface area contributed by atoms with Gasteiger partial charge in [-0.15, -0.1) is 11.6 Å². The predicted octanol–water partition coefficient (Wildman–Crippen LogP) is 2.23. The number of rotatable bonds is 7. The van der Waals surface area contributed by atoms with Crippen LogP contribution < -0.4 is 11.2 Å². The van der Waals surface area contributed by atoms with Crippen molar-refractivity contribution in [3.05, 3.63) is 26.7 Å². The number of alkyl halides is 1. The van der Waals surface area contributed by atoms with Crippen molar-refractivity contribution in [3.63, 3.8) is 0 Å². The summed E-state index contributed by atoms with van der Waals surface area (Å²) in [7, 11) is 0. The third kappa shape index (κ3) is 3.30. The Morgan fingerprint density at radius 3 is 2.65 bits per heavy atom. The van der Waals surface area contributed by atoms with Gasteiger partial charge in [0.05, 0.1) is 0 Å². The molecule has 0 radical (unpaired) electrons. The monoisotopic (exact) mass is 298 g/mol. The van der Waals surface area contributed by atoms with Gasteiger partial charge in [0.15, 0.2) is 5.65 Å². The molecule has 20 heavy (non-hydrogen) atoms. The zero-order valence-corrected chi connectivity index (χ0v) is 12.2. The van der Waals surface area contributed by atoms with Crippen LogP contribution in [0.2, 0.25) is 0 Å². The average molecular weight is 299 g/mol. The lowest BCUT2D eigenvalue weighted by molar-refractivity contribution is 0.536. The van der Waals surface area contributed by atoms with Gasteiger partial charge in [-0.25, -0.2) is 9.78 Å². The Hall–Kier alpha value is -1.56. The van der Waals surface area contributed by atoms with E-state index in [0.29, 0.717) is 17.0 Å². The molecule has 0 aliphatic carbocycles. The summed E-state index contributed by atoms with van der Waals surface area (Å²) in [4.78, 5) is 35.0. The number of aromatic amines is 3. The molecule has 2 rings (SSSR count). The van der Waals surface area contributed by atoms with E-state index >= 15 is 0 Å². The fraction of sp³-hybridized carbons (Fsp3) is 0.615. The molecule has 0 saturated heterocycles. The number of unbranched alkanes of at least 4 members (excludes halogenated alkanes) is 2. The Morgan fingerprint density at radius 1 is 1.15 bits per heavy atom. The number of H-pyrrole nitrogens is 3. The third-order valence-corrected chi connectivity index (χ3v) is 3.74. The van der Waals surface area contributed by atoms with Crippen LogP contribution >= 0.6 is 11.6 Å². The molecule has 6 nitrogen and oxygen atoms in total. The molecule has 0 aliphatic rings. The van der Waals surface area contributed by atoms with Crippen LogP contribution in [0.15, 0.2) is 9.59 Å². The first-order valence-corrected chi connectivity index (χ1v) is 7.47. The van der Waals surface area contributed by atoms with E-state index in [1.165, 1.54) is 0 Å². The highest BCUT2D eigenvalue weighted by atomic mass is 35.5. The first-order chi connectivity index (χ1) is 9.65. The first kappa shape index (κ1) is 14.8. The molecule has 0 saturated carbocycles. The minimum absolute atomic E-state index is 0.264. The number of halogens is 1. The maximum Gasteiger partial charge on any atom is 0.327 e. The van der Waals surface area contributed by atoms with Crippen molar-refractivity contribution < 1.29 is 0 Å². The molecule has 0 aromatic carbocycles. The van der Waals surface area contributed by atoms with E-state index in [0.717, 1.165) is 37.9 Å². The Bertz CT molecular complexity index is 673. The lowest BCUT2D eigenvalue weighted by Crippen LogP contribution is -2.21. The van der Waals surface area contributed by atoms with Crippen molar-refractivity contribution in [3.8, 4) is 0 Å². The number of nitrogens with zero attached hydrogens (tertiary/aromatic N) is 1. The molecule has 7 heteroatoms. The van der Waals surface area contributed by atoms with Crippen LogP contribution in [0.5, 0.6) is 0 Å². The zero-order valence-electron chi connectivity index (χ0n) is 11.5. The summed E-state index contributed by atoms with van der Waals surface area (Å²) in [6.45, 7) is 2.09. The van der Waals surface area contributed by atoms with Crippen LogP contribution in [-0.2, 0) is 0 Å². The van der Waals surface area contributed by atoms with E-state index in [1.54, 1.807) is 0 Å². The molecule has 0 fully saturated rings. The smallest absolute Gasteiger partial charge is 0.327 e. The second kappa shape index (κ2) is 6.74. The molecule has 0 aliphatic heterocycles. The third-order valence-electron chi connectivity index (χ3n) is 3.47. The first-order valence-electron chi connectivity index (χ1n) is 6.94. The number of hydrogen-bond donors (Lipinski definition) is 3. The van der Waals surface area contributed by atoms with Crippen molar-refractivity contribution in [2.24, 2.45) is 0 Å².